The Morgan fingerprint density at radius 1 is 1.22 bits per heavy atom. The van der Waals surface area contributed by atoms with Crippen LogP contribution in [0, 0.1) is 6.92 Å². The van der Waals surface area contributed by atoms with Crippen molar-refractivity contribution in [1.82, 2.24) is 9.78 Å². The van der Waals surface area contributed by atoms with Gasteiger partial charge in [0.2, 0.25) is 15.9 Å². The summed E-state index contributed by atoms with van der Waals surface area (Å²) in [5, 5.41) is 7.20. The van der Waals surface area contributed by atoms with E-state index in [0.29, 0.717) is 11.5 Å². The lowest BCUT2D eigenvalue weighted by atomic mass is 9.96. The zero-order chi connectivity index (χ0) is 19.4. The molecule has 0 radical (unpaired) electrons. The monoisotopic (exact) mass is 390 g/mol. The average Bonchev–Trinajstić information content (AvgIpc) is 3.08. The van der Waals surface area contributed by atoms with Crippen LogP contribution in [0.1, 0.15) is 43.7 Å². The molecule has 1 heterocycles. The number of benzene rings is 1. The van der Waals surface area contributed by atoms with Gasteiger partial charge < -0.3 is 5.32 Å². The van der Waals surface area contributed by atoms with E-state index in [1.165, 1.54) is 6.42 Å². The minimum absolute atomic E-state index is 0.278. The van der Waals surface area contributed by atoms with E-state index in [2.05, 4.69) is 10.4 Å². The van der Waals surface area contributed by atoms with Crippen molar-refractivity contribution in [3.8, 4) is 0 Å². The standard InChI is InChI=1S/C19H26N4O3S/c1-15-8-6-7-11-17(15)22(27(2,25)26)14-19(24)21-18-12-13-20-23(18)16-9-4-3-5-10-16/h6-8,11-13,16H,3-5,9-10,14H2,1-2H3,(H,21,24). The van der Waals surface area contributed by atoms with Crippen molar-refractivity contribution in [3.05, 3.63) is 42.1 Å². The van der Waals surface area contributed by atoms with Gasteiger partial charge in [0.1, 0.15) is 12.4 Å². The van der Waals surface area contributed by atoms with Crippen LogP contribution >= 0.6 is 0 Å². The van der Waals surface area contributed by atoms with E-state index >= 15 is 0 Å². The van der Waals surface area contributed by atoms with Crippen LogP contribution in [0.2, 0.25) is 0 Å². The Labute approximate surface area is 160 Å². The maximum atomic E-state index is 12.6. The smallest absolute Gasteiger partial charge is 0.246 e. The summed E-state index contributed by atoms with van der Waals surface area (Å²) < 4.78 is 27.5. The summed E-state index contributed by atoms with van der Waals surface area (Å²) in [6.07, 6.45) is 8.42. The number of sulfonamides is 1. The van der Waals surface area contributed by atoms with Crippen molar-refractivity contribution >= 4 is 27.4 Å². The molecule has 1 amide bonds. The molecule has 1 saturated carbocycles. The van der Waals surface area contributed by atoms with E-state index in [9.17, 15) is 13.2 Å². The molecule has 7 nitrogen and oxygen atoms in total. The molecule has 0 bridgehead atoms. The van der Waals surface area contributed by atoms with Crippen LogP contribution in [0.25, 0.3) is 0 Å². The van der Waals surface area contributed by atoms with E-state index in [0.717, 1.165) is 41.8 Å². The Kier molecular flexibility index (Phi) is 5.84. The minimum Gasteiger partial charge on any atom is -0.309 e. The second-order valence-electron chi connectivity index (χ2n) is 7.06. The Morgan fingerprint density at radius 2 is 1.93 bits per heavy atom. The molecule has 0 atom stereocenters. The number of rotatable bonds is 6. The van der Waals surface area contributed by atoms with Crippen LogP contribution in [-0.2, 0) is 14.8 Å². The molecule has 0 aliphatic heterocycles. The van der Waals surface area contributed by atoms with E-state index in [1.807, 2.05) is 23.7 Å². The van der Waals surface area contributed by atoms with E-state index in [1.54, 1.807) is 24.4 Å². The van der Waals surface area contributed by atoms with E-state index in [4.69, 9.17) is 0 Å². The van der Waals surface area contributed by atoms with Crippen LogP contribution in [0.4, 0.5) is 11.5 Å². The third-order valence-electron chi connectivity index (χ3n) is 4.93. The van der Waals surface area contributed by atoms with Crippen molar-refractivity contribution in [1.29, 1.82) is 0 Å². The molecule has 1 aliphatic rings. The maximum absolute atomic E-state index is 12.6. The van der Waals surface area contributed by atoms with Gasteiger partial charge in [0.25, 0.3) is 0 Å². The molecule has 1 aromatic heterocycles. The molecule has 1 aliphatic carbocycles. The number of nitrogens with one attached hydrogen (secondary N) is 1. The van der Waals surface area contributed by atoms with Crippen LogP contribution in [0.5, 0.6) is 0 Å². The number of aryl methyl sites for hydroxylation is 1. The molecule has 3 rings (SSSR count). The Hall–Kier alpha value is -2.35. The fraction of sp³-hybridized carbons (Fsp3) is 0.474. The average molecular weight is 391 g/mol. The molecular weight excluding hydrogens is 364 g/mol. The predicted molar refractivity (Wildman–Crippen MR) is 106 cm³/mol. The zero-order valence-corrected chi connectivity index (χ0v) is 16.6. The number of carbonyl (C=O) groups excluding carboxylic acids is 1. The number of hydrogen-bond donors (Lipinski definition) is 1. The normalized spacial score (nSPS) is 15.5. The molecule has 1 aromatic carbocycles. The predicted octanol–water partition coefficient (Wildman–Crippen LogP) is 3.10. The lowest BCUT2D eigenvalue weighted by molar-refractivity contribution is -0.114. The minimum atomic E-state index is -3.59. The number of para-hydroxylation sites is 1. The second-order valence-corrected chi connectivity index (χ2v) is 8.96. The van der Waals surface area contributed by atoms with Gasteiger partial charge >= 0.3 is 0 Å². The molecule has 0 unspecified atom stereocenters. The number of aromatic nitrogens is 2. The number of anilines is 2. The molecule has 0 spiro atoms. The summed E-state index contributed by atoms with van der Waals surface area (Å²) in [6.45, 7) is 1.54. The molecule has 0 saturated heterocycles. The fourth-order valence-electron chi connectivity index (χ4n) is 3.57. The van der Waals surface area contributed by atoms with Gasteiger partial charge in [-0.25, -0.2) is 13.1 Å². The second kappa shape index (κ2) is 8.12. The number of nitrogens with zero attached hydrogens (tertiary/aromatic N) is 3. The highest BCUT2D eigenvalue weighted by atomic mass is 32.2. The molecular formula is C19H26N4O3S. The Balaban J connectivity index is 1.76. The maximum Gasteiger partial charge on any atom is 0.246 e. The lowest BCUT2D eigenvalue weighted by Gasteiger charge is -2.25. The van der Waals surface area contributed by atoms with Gasteiger partial charge in [-0.2, -0.15) is 5.10 Å². The number of amides is 1. The summed E-state index contributed by atoms with van der Waals surface area (Å²) >= 11 is 0. The molecule has 8 heteroatoms. The number of carbonyl (C=O) groups is 1. The first-order valence-electron chi connectivity index (χ1n) is 9.23. The third kappa shape index (κ3) is 4.68. The molecule has 146 valence electrons. The third-order valence-corrected chi connectivity index (χ3v) is 6.06. The summed E-state index contributed by atoms with van der Waals surface area (Å²) in [4.78, 5) is 12.6. The lowest BCUT2D eigenvalue weighted by Crippen LogP contribution is -2.38. The quantitative estimate of drug-likeness (QED) is 0.821. The topological polar surface area (TPSA) is 84.3 Å². The Morgan fingerprint density at radius 3 is 2.59 bits per heavy atom. The first-order chi connectivity index (χ1) is 12.9. The summed E-state index contributed by atoms with van der Waals surface area (Å²) in [7, 11) is -3.59. The highest BCUT2D eigenvalue weighted by Crippen LogP contribution is 2.30. The fourth-order valence-corrected chi connectivity index (χ4v) is 4.48. The van der Waals surface area contributed by atoms with Gasteiger partial charge in [-0.3, -0.25) is 9.10 Å². The molecule has 1 fully saturated rings. The van der Waals surface area contributed by atoms with E-state index < -0.39 is 10.0 Å². The molecule has 27 heavy (non-hydrogen) atoms. The van der Waals surface area contributed by atoms with Gasteiger partial charge in [0, 0.05) is 6.07 Å². The SMILES string of the molecule is Cc1ccccc1N(CC(=O)Nc1ccnn1C1CCCCC1)S(C)(=O)=O. The van der Waals surface area contributed by atoms with Crippen molar-refractivity contribution < 1.29 is 13.2 Å². The van der Waals surface area contributed by atoms with Crippen LogP contribution in [-0.4, -0.2) is 36.9 Å². The summed E-state index contributed by atoms with van der Waals surface area (Å²) in [5.74, 6) is 0.228. The van der Waals surface area contributed by atoms with Crippen LogP contribution < -0.4 is 9.62 Å². The van der Waals surface area contributed by atoms with Crippen molar-refractivity contribution in [2.75, 3.05) is 22.4 Å². The highest BCUT2D eigenvalue weighted by molar-refractivity contribution is 7.92. The van der Waals surface area contributed by atoms with Gasteiger partial charge in [0.15, 0.2) is 0 Å². The van der Waals surface area contributed by atoms with E-state index in [-0.39, 0.29) is 18.5 Å². The van der Waals surface area contributed by atoms with Crippen molar-refractivity contribution in [3.63, 3.8) is 0 Å². The first kappa shape index (κ1) is 19.4. The number of hydrogen-bond acceptors (Lipinski definition) is 4. The van der Waals surface area contributed by atoms with Crippen LogP contribution in [0.15, 0.2) is 36.5 Å². The zero-order valence-electron chi connectivity index (χ0n) is 15.8. The van der Waals surface area contributed by atoms with Crippen molar-refractivity contribution in [2.24, 2.45) is 0 Å². The van der Waals surface area contributed by atoms with Gasteiger partial charge in [-0.15, -0.1) is 0 Å². The highest BCUT2D eigenvalue weighted by Gasteiger charge is 2.24. The van der Waals surface area contributed by atoms with Gasteiger partial charge in [-0.05, 0) is 31.4 Å². The van der Waals surface area contributed by atoms with Gasteiger partial charge in [-0.1, -0.05) is 37.5 Å². The summed E-state index contributed by atoms with van der Waals surface area (Å²) in [5.41, 5.74) is 1.30. The molecule has 1 N–H and O–H groups in total. The summed E-state index contributed by atoms with van der Waals surface area (Å²) in [6, 6.07) is 9.16. The van der Waals surface area contributed by atoms with Crippen molar-refractivity contribution in [2.45, 2.75) is 45.1 Å². The van der Waals surface area contributed by atoms with Gasteiger partial charge in [0.05, 0.1) is 24.2 Å². The largest absolute Gasteiger partial charge is 0.309 e. The molecule has 2 aromatic rings. The Bertz CT molecular complexity index is 901. The first-order valence-corrected chi connectivity index (χ1v) is 11.1. The van der Waals surface area contributed by atoms with Crippen LogP contribution in [0.3, 0.4) is 0 Å².